The maximum absolute atomic E-state index is 12.8. The van der Waals surface area contributed by atoms with E-state index >= 15 is 0 Å². The van der Waals surface area contributed by atoms with Crippen LogP contribution in [-0.4, -0.2) is 27.2 Å². The lowest BCUT2D eigenvalue weighted by atomic mass is 9.96. The Morgan fingerprint density at radius 3 is 1.88 bits per heavy atom. The van der Waals surface area contributed by atoms with E-state index in [9.17, 15) is 4.79 Å². The van der Waals surface area contributed by atoms with Crippen molar-refractivity contribution < 1.29 is 19.0 Å². The predicted molar refractivity (Wildman–Crippen MR) is 102 cm³/mol. The Balaban J connectivity index is 2.25. The van der Waals surface area contributed by atoms with Crippen LogP contribution in [0.3, 0.4) is 0 Å². The molecule has 1 atom stereocenters. The summed E-state index contributed by atoms with van der Waals surface area (Å²) in [5, 5.41) is 3.13. The second kappa shape index (κ2) is 9.13. The highest BCUT2D eigenvalue weighted by molar-refractivity contribution is 5.95. The van der Waals surface area contributed by atoms with Gasteiger partial charge in [-0.15, -0.1) is 0 Å². The molecule has 0 aromatic heterocycles. The van der Waals surface area contributed by atoms with Crippen molar-refractivity contribution in [2.24, 2.45) is 5.92 Å². The van der Waals surface area contributed by atoms with Crippen molar-refractivity contribution in [3.05, 3.63) is 53.6 Å². The molecule has 0 unspecified atom stereocenters. The first-order valence-corrected chi connectivity index (χ1v) is 8.64. The molecule has 0 radical (unpaired) electrons. The molecular formula is C21H27NO4. The van der Waals surface area contributed by atoms with Gasteiger partial charge >= 0.3 is 0 Å². The van der Waals surface area contributed by atoms with E-state index in [1.807, 2.05) is 24.3 Å². The van der Waals surface area contributed by atoms with Crippen LogP contribution in [0.5, 0.6) is 17.2 Å². The van der Waals surface area contributed by atoms with Crippen molar-refractivity contribution in [2.75, 3.05) is 21.3 Å². The van der Waals surface area contributed by atoms with Gasteiger partial charge in [0.2, 0.25) is 0 Å². The number of amides is 1. The number of carbonyl (C=O) groups excluding carboxylic acids is 1. The summed E-state index contributed by atoms with van der Waals surface area (Å²) in [6.45, 7) is 4.27. The van der Waals surface area contributed by atoms with Crippen LogP contribution in [0, 0.1) is 5.92 Å². The van der Waals surface area contributed by atoms with E-state index in [4.69, 9.17) is 14.2 Å². The van der Waals surface area contributed by atoms with Crippen LogP contribution in [0.4, 0.5) is 0 Å². The van der Waals surface area contributed by atoms with Crippen LogP contribution in [0.2, 0.25) is 0 Å². The zero-order chi connectivity index (χ0) is 19.1. The average molecular weight is 357 g/mol. The van der Waals surface area contributed by atoms with Crippen molar-refractivity contribution in [2.45, 2.75) is 26.3 Å². The third kappa shape index (κ3) is 5.15. The summed E-state index contributed by atoms with van der Waals surface area (Å²) in [6, 6.07) is 12.8. The zero-order valence-electron chi connectivity index (χ0n) is 16.0. The minimum atomic E-state index is -0.163. The smallest absolute Gasteiger partial charge is 0.252 e. The molecular weight excluding hydrogens is 330 g/mol. The third-order valence-corrected chi connectivity index (χ3v) is 4.14. The first-order chi connectivity index (χ1) is 12.5. The quantitative estimate of drug-likeness (QED) is 0.768. The van der Waals surface area contributed by atoms with Crippen LogP contribution >= 0.6 is 0 Å². The largest absolute Gasteiger partial charge is 0.497 e. The summed E-state index contributed by atoms with van der Waals surface area (Å²) in [7, 11) is 4.77. The SMILES string of the molecule is COc1ccc([C@@H](CC(C)C)NC(=O)c2cc(OC)cc(OC)c2)cc1. The van der Waals surface area contributed by atoms with E-state index in [1.165, 1.54) is 0 Å². The van der Waals surface area contributed by atoms with Crippen LogP contribution in [0.15, 0.2) is 42.5 Å². The fourth-order valence-electron chi connectivity index (χ4n) is 2.77. The van der Waals surface area contributed by atoms with Gasteiger partial charge in [0, 0.05) is 11.6 Å². The lowest BCUT2D eigenvalue weighted by Crippen LogP contribution is -2.29. The molecule has 2 aromatic carbocycles. The van der Waals surface area contributed by atoms with Gasteiger partial charge in [-0.1, -0.05) is 26.0 Å². The monoisotopic (exact) mass is 357 g/mol. The van der Waals surface area contributed by atoms with Crippen molar-refractivity contribution in [3.8, 4) is 17.2 Å². The molecule has 140 valence electrons. The molecule has 2 aromatic rings. The molecule has 1 N–H and O–H groups in total. The van der Waals surface area contributed by atoms with Gasteiger partial charge in [0.1, 0.15) is 17.2 Å². The molecule has 0 aliphatic rings. The molecule has 0 saturated heterocycles. The zero-order valence-corrected chi connectivity index (χ0v) is 16.0. The Bertz CT molecular complexity index is 703. The van der Waals surface area contributed by atoms with E-state index in [0.29, 0.717) is 23.0 Å². The topological polar surface area (TPSA) is 56.8 Å². The molecule has 1 amide bonds. The van der Waals surface area contributed by atoms with Gasteiger partial charge in [-0.2, -0.15) is 0 Å². The molecule has 5 heteroatoms. The summed E-state index contributed by atoms with van der Waals surface area (Å²) in [5.74, 6) is 2.23. The Hall–Kier alpha value is -2.69. The minimum absolute atomic E-state index is 0.0920. The summed E-state index contributed by atoms with van der Waals surface area (Å²) in [4.78, 5) is 12.8. The number of carbonyl (C=O) groups is 1. The first-order valence-electron chi connectivity index (χ1n) is 8.64. The lowest BCUT2D eigenvalue weighted by Gasteiger charge is -2.22. The number of ether oxygens (including phenoxy) is 3. The average Bonchev–Trinajstić information content (AvgIpc) is 2.66. The number of hydrogen-bond donors (Lipinski definition) is 1. The lowest BCUT2D eigenvalue weighted by molar-refractivity contribution is 0.0931. The minimum Gasteiger partial charge on any atom is -0.497 e. The number of benzene rings is 2. The van der Waals surface area contributed by atoms with E-state index < -0.39 is 0 Å². The molecule has 0 aliphatic heterocycles. The van der Waals surface area contributed by atoms with Crippen molar-refractivity contribution in [3.63, 3.8) is 0 Å². The van der Waals surface area contributed by atoms with Gasteiger partial charge in [-0.3, -0.25) is 4.79 Å². The fourth-order valence-corrected chi connectivity index (χ4v) is 2.77. The maximum atomic E-state index is 12.8. The van der Waals surface area contributed by atoms with Gasteiger partial charge in [-0.05, 0) is 42.2 Å². The molecule has 5 nitrogen and oxygen atoms in total. The van der Waals surface area contributed by atoms with Crippen molar-refractivity contribution in [1.29, 1.82) is 0 Å². The molecule has 0 fully saturated rings. The molecule has 0 heterocycles. The van der Waals surface area contributed by atoms with Gasteiger partial charge in [-0.25, -0.2) is 0 Å². The first kappa shape index (κ1) is 19.6. The third-order valence-electron chi connectivity index (χ3n) is 4.14. The molecule has 0 saturated carbocycles. The fraction of sp³-hybridized carbons (Fsp3) is 0.381. The van der Waals surface area contributed by atoms with Crippen LogP contribution in [0.1, 0.15) is 42.2 Å². The Labute approximate surface area is 155 Å². The molecule has 0 spiro atoms. The summed E-state index contributed by atoms with van der Waals surface area (Å²) in [5.41, 5.74) is 1.55. The highest BCUT2D eigenvalue weighted by Crippen LogP contribution is 2.26. The van der Waals surface area contributed by atoms with Gasteiger partial charge in [0.25, 0.3) is 5.91 Å². The Morgan fingerprint density at radius 2 is 1.42 bits per heavy atom. The highest BCUT2D eigenvalue weighted by Gasteiger charge is 2.18. The maximum Gasteiger partial charge on any atom is 0.252 e. The van der Waals surface area contributed by atoms with Crippen LogP contribution in [-0.2, 0) is 0 Å². The predicted octanol–water partition coefficient (Wildman–Crippen LogP) is 4.23. The Kier molecular flexibility index (Phi) is 6.89. The van der Waals surface area contributed by atoms with Gasteiger partial charge in [0.05, 0.1) is 27.4 Å². The number of nitrogens with one attached hydrogen (secondary N) is 1. The normalized spacial score (nSPS) is 11.8. The Morgan fingerprint density at radius 1 is 0.885 bits per heavy atom. The van der Waals surface area contributed by atoms with E-state index in [-0.39, 0.29) is 11.9 Å². The van der Waals surface area contributed by atoms with E-state index in [2.05, 4.69) is 19.2 Å². The molecule has 0 aliphatic carbocycles. The molecule has 0 bridgehead atoms. The highest BCUT2D eigenvalue weighted by atomic mass is 16.5. The molecule has 26 heavy (non-hydrogen) atoms. The standard InChI is InChI=1S/C21H27NO4/c1-14(2)10-20(15-6-8-17(24-3)9-7-15)22-21(23)16-11-18(25-4)13-19(12-16)26-5/h6-9,11-14,20H,10H2,1-5H3,(H,22,23)/t20-/m1/s1. The van der Waals surface area contributed by atoms with Crippen LogP contribution in [0.25, 0.3) is 0 Å². The number of hydrogen-bond acceptors (Lipinski definition) is 4. The summed E-state index contributed by atoms with van der Waals surface area (Å²) in [6.07, 6.45) is 0.833. The molecule has 2 rings (SSSR count). The second-order valence-electron chi connectivity index (χ2n) is 6.53. The van der Waals surface area contributed by atoms with Crippen molar-refractivity contribution in [1.82, 2.24) is 5.32 Å². The van der Waals surface area contributed by atoms with Gasteiger partial charge in [0.15, 0.2) is 0 Å². The van der Waals surface area contributed by atoms with Crippen molar-refractivity contribution >= 4 is 5.91 Å². The van der Waals surface area contributed by atoms with E-state index in [0.717, 1.165) is 17.7 Å². The van der Waals surface area contributed by atoms with Gasteiger partial charge < -0.3 is 19.5 Å². The number of methoxy groups -OCH3 is 3. The van der Waals surface area contributed by atoms with Crippen LogP contribution < -0.4 is 19.5 Å². The second-order valence-corrected chi connectivity index (χ2v) is 6.53. The summed E-state index contributed by atoms with van der Waals surface area (Å²) >= 11 is 0. The summed E-state index contributed by atoms with van der Waals surface area (Å²) < 4.78 is 15.7. The van der Waals surface area contributed by atoms with E-state index in [1.54, 1.807) is 39.5 Å². The number of rotatable bonds is 8.